The van der Waals surface area contributed by atoms with E-state index in [0.717, 1.165) is 5.56 Å². The Kier molecular flexibility index (Phi) is 1.62. The van der Waals surface area contributed by atoms with Crippen molar-refractivity contribution in [2.75, 3.05) is 6.61 Å². The first-order valence-electron chi connectivity index (χ1n) is 3.68. The highest BCUT2D eigenvalue weighted by Crippen LogP contribution is 2.30. The molecule has 1 unspecified atom stereocenters. The van der Waals surface area contributed by atoms with Gasteiger partial charge in [-0.05, 0) is 5.56 Å². The summed E-state index contributed by atoms with van der Waals surface area (Å²) < 4.78 is 18.0. The van der Waals surface area contributed by atoms with Crippen molar-refractivity contribution in [2.45, 2.75) is 12.3 Å². The summed E-state index contributed by atoms with van der Waals surface area (Å²) >= 11 is 0. The monoisotopic (exact) mass is 152 g/mol. The molecular weight excluding hydrogens is 143 g/mol. The van der Waals surface area contributed by atoms with Crippen molar-refractivity contribution in [3.63, 3.8) is 0 Å². The van der Waals surface area contributed by atoms with Crippen LogP contribution in [0.3, 0.4) is 0 Å². The summed E-state index contributed by atoms with van der Waals surface area (Å²) in [6, 6.07) is 9.12. The van der Waals surface area contributed by atoms with Crippen LogP contribution in [-0.4, -0.2) is 12.7 Å². The molecule has 1 aliphatic heterocycles. The quantitative estimate of drug-likeness (QED) is 0.591. The van der Waals surface area contributed by atoms with E-state index in [-0.39, 0.29) is 6.10 Å². The van der Waals surface area contributed by atoms with E-state index < -0.39 is 6.17 Å². The number of halogens is 1. The third kappa shape index (κ3) is 1.40. The van der Waals surface area contributed by atoms with E-state index in [1.165, 1.54) is 0 Å². The van der Waals surface area contributed by atoms with Crippen LogP contribution in [0.25, 0.3) is 0 Å². The third-order valence-corrected chi connectivity index (χ3v) is 1.80. The average Bonchev–Trinajstić information content (AvgIpc) is 2.87. The van der Waals surface area contributed by atoms with E-state index in [4.69, 9.17) is 4.74 Å². The molecule has 1 aromatic rings. The Balaban J connectivity index is 2.15. The Morgan fingerprint density at radius 1 is 1.36 bits per heavy atom. The summed E-state index contributed by atoms with van der Waals surface area (Å²) in [5.74, 6) is 0. The number of rotatable bonds is 2. The molecule has 2 rings (SSSR count). The van der Waals surface area contributed by atoms with E-state index in [1.807, 2.05) is 18.2 Å². The molecule has 0 spiro atoms. The predicted molar refractivity (Wildman–Crippen MR) is 40.0 cm³/mol. The Labute approximate surface area is 64.8 Å². The van der Waals surface area contributed by atoms with Crippen LogP contribution in [0.4, 0.5) is 4.39 Å². The van der Waals surface area contributed by atoms with Gasteiger partial charge in [0.2, 0.25) is 0 Å². The molecule has 0 N–H and O–H groups in total. The highest BCUT2D eigenvalue weighted by molar-refractivity contribution is 5.19. The van der Waals surface area contributed by atoms with Gasteiger partial charge >= 0.3 is 0 Å². The minimum absolute atomic E-state index is 0.183. The van der Waals surface area contributed by atoms with Gasteiger partial charge in [0.25, 0.3) is 0 Å². The molecule has 1 fully saturated rings. The molecule has 1 aliphatic rings. The van der Waals surface area contributed by atoms with Crippen molar-refractivity contribution >= 4 is 0 Å². The van der Waals surface area contributed by atoms with Gasteiger partial charge in [0, 0.05) is 0 Å². The highest BCUT2D eigenvalue weighted by atomic mass is 19.1. The van der Waals surface area contributed by atoms with Crippen LogP contribution >= 0.6 is 0 Å². The molecule has 0 aliphatic carbocycles. The van der Waals surface area contributed by atoms with Crippen molar-refractivity contribution in [2.24, 2.45) is 0 Å². The fourth-order valence-electron chi connectivity index (χ4n) is 1.08. The van der Waals surface area contributed by atoms with E-state index in [1.54, 1.807) is 12.1 Å². The van der Waals surface area contributed by atoms with Crippen molar-refractivity contribution in [3.8, 4) is 0 Å². The van der Waals surface area contributed by atoms with Crippen molar-refractivity contribution < 1.29 is 9.13 Å². The zero-order valence-electron chi connectivity index (χ0n) is 6.03. The van der Waals surface area contributed by atoms with E-state index in [2.05, 4.69) is 0 Å². The fourth-order valence-corrected chi connectivity index (χ4v) is 1.08. The highest BCUT2D eigenvalue weighted by Gasteiger charge is 2.33. The molecule has 0 aromatic heterocycles. The van der Waals surface area contributed by atoms with Gasteiger partial charge in [-0.3, -0.25) is 0 Å². The summed E-state index contributed by atoms with van der Waals surface area (Å²) in [4.78, 5) is 0. The van der Waals surface area contributed by atoms with Crippen LogP contribution in [0.5, 0.6) is 0 Å². The molecule has 2 atom stereocenters. The molecule has 11 heavy (non-hydrogen) atoms. The molecule has 0 saturated carbocycles. The smallest absolute Gasteiger partial charge is 0.153 e. The first-order chi connectivity index (χ1) is 5.38. The topological polar surface area (TPSA) is 12.5 Å². The van der Waals surface area contributed by atoms with E-state index in [0.29, 0.717) is 6.61 Å². The van der Waals surface area contributed by atoms with Crippen LogP contribution in [0.1, 0.15) is 11.7 Å². The lowest BCUT2D eigenvalue weighted by atomic mass is 10.1. The molecule has 1 aromatic carbocycles. The normalized spacial score (nSPS) is 24.6. The van der Waals surface area contributed by atoms with Crippen LogP contribution < -0.4 is 0 Å². The summed E-state index contributed by atoms with van der Waals surface area (Å²) in [7, 11) is 0. The van der Waals surface area contributed by atoms with Gasteiger partial charge in [0.1, 0.15) is 6.10 Å². The second-order valence-corrected chi connectivity index (χ2v) is 2.68. The van der Waals surface area contributed by atoms with Gasteiger partial charge in [-0.25, -0.2) is 4.39 Å². The van der Waals surface area contributed by atoms with Crippen LogP contribution in [0.2, 0.25) is 0 Å². The number of benzene rings is 1. The van der Waals surface area contributed by atoms with Gasteiger partial charge in [-0.2, -0.15) is 0 Å². The van der Waals surface area contributed by atoms with Gasteiger partial charge < -0.3 is 4.74 Å². The number of alkyl halides is 1. The Bertz CT molecular complexity index is 231. The third-order valence-electron chi connectivity index (χ3n) is 1.80. The van der Waals surface area contributed by atoms with Crippen molar-refractivity contribution in [1.29, 1.82) is 0 Å². The Morgan fingerprint density at radius 2 is 2.00 bits per heavy atom. The number of ether oxygens (including phenoxy) is 1. The van der Waals surface area contributed by atoms with Gasteiger partial charge in [0.05, 0.1) is 6.61 Å². The zero-order valence-corrected chi connectivity index (χ0v) is 6.03. The fraction of sp³-hybridized carbons (Fsp3) is 0.333. The van der Waals surface area contributed by atoms with Gasteiger partial charge in [-0.15, -0.1) is 0 Å². The molecule has 0 radical (unpaired) electrons. The summed E-state index contributed by atoms with van der Waals surface area (Å²) in [6.45, 7) is 0.566. The van der Waals surface area contributed by atoms with Gasteiger partial charge in [-0.1, -0.05) is 30.3 Å². The SMILES string of the molecule is F[C@H](c1ccccc1)C1CO1. The lowest BCUT2D eigenvalue weighted by Crippen LogP contribution is -1.98. The summed E-state index contributed by atoms with van der Waals surface area (Å²) in [5.41, 5.74) is 0.718. The summed E-state index contributed by atoms with van der Waals surface area (Å²) in [6.07, 6.45) is -1.12. The van der Waals surface area contributed by atoms with Crippen LogP contribution in [-0.2, 0) is 4.74 Å². The molecule has 1 nitrogen and oxygen atoms in total. The van der Waals surface area contributed by atoms with Gasteiger partial charge in [0.15, 0.2) is 6.17 Å². The number of hydrogen-bond donors (Lipinski definition) is 0. The van der Waals surface area contributed by atoms with Crippen molar-refractivity contribution in [1.82, 2.24) is 0 Å². The number of hydrogen-bond acceptors (Lipinski definition) is 1. The minimum Gasteiger partial charge on any atom is -0.370 e. The minimum atomic E-state index is -0.934. The van der Waals surface area contributed by atoms with Crippen LogP contribution in [0, 0.1) is 0 Å². The molecular formula is C9H9FO. The predicted octanol–water partition coefficient (Wildman–Crippen LogP) is 2.10. The zero-order chi connectivity index (χ0) is 7.68. The largest absolute Gasteiger partial charge is 0.370 e. The average molecular weight is 152 g/mol. The lowest BCUT2D eigenvalue weighted by molar-refractivity contribution is 0.253. The van der Waals surface area contributed by atoms with E-state index >= 15 is 0 Å². The summed E-state index contributed by atoms with van der Waals surface area (Å²) in [5, 5.41) is 0. The second-order valence-electron chi connectivity index (χ2n) is 2.68. The maximum atomic E-state index is 13.2. The first-order valence-corrected chi connectivity index (χ1v) is 3.68. The van der Waals surface area contributed by atoms with E-state index in [9.17, 15) is 4.39 Å². The molecule has 0 bridgehead atoms. The standard InChI is InChI=1S/C9H9FO/c10-9(8-6-11-8)7-4-2-1-3-5-7/h1-5,8-9H,6H2/t8?,9-/m1/s1. The van der Waals surface area contributed by atoms with Crippen LogP contribution in [0.15, 0.2) is 30.3 Å². The Morgan fingerprint density at radius 3 is 2.55 bits per heavy atom. The maximum absolute atomic E-state index is 13.2. The van der Waals surface area contributed by atoms with Crippen molar-refractivity contribution in [3.05, 3.63) is 35.9 Å². The first kappa shape index (κ1) is 6.80. The number of epoxide rings is 1. The molecule has 0 amide bonds. The maximum Gasteiger partial charge on any atom is 0.153 e. The Hall–Kier alpha value is -0.890. The molecule has 2 heteroatoms. The second kappa shape index (κ2) is 2.62. The molecule has 58 valence electrons. The molecule has 1 saturated heterocycles. The molecule has 1 heterocycles. The lowest BCUT2D eigenvalue weighted by Gasteiger charge is -2.02.